The van der Waals surface area contributed by atoms with Crippen molar-refractivity contribution in [3.05, 3.63) is 0 Å². The van der Waals surface area contributed by atoms with E-state index in [1.807, 2.05) is 0 Å². The molecule has 0 atom stereocenters. The van der Waals surface area contributed by atoms with Gasteiger partial charge in [0.25, 0.3) is 0 Å². The third kappa shape index (κ3) is 2.58. The van der Waals surface area contributed by atoms with Crippen molar-refractivity contribution in [3.63, 3.8) is 0 Å². The van der Waals surface area contributed by atoms with Crippen LogP contribution in [0.4, 0.5) is 0 Å². The molecule has 1 fully saturated rings. The third-order valence-electron chi connectivity index (χ3n) is 1.86. The lowest BCUT2D eigenvalue weighted by Gasteiger charge is -2.16. The summed E-state index contributed by atoms with van der Waals surface area (Å²) in [4.78, 5) is 13.7. The number of carbonyl (C=O) groups is 1. The quantitative estimate of drug-likeness (QED) is 0.586. The zero-order valence-electron chi connectivity index (χ0n) is 6.80. The lowest BCUT2D eigenvalue weighted by molar-refractivity contribution is -0.115. The monoisotopic (exact) mass is 171 g/mol. The van der Waals surface area contributed by atoms with Gasteiger partial charge in [-0.1, -0.05) is 12.2 Å². The summed E-state index contributed by atoms with van der Waals surface area (Å²) in [6.07, 6.45) is 2.89. The Kier molecular flexibility index (Phi) is 3.00. The fraction of sp³-hybridized carbons (Fsp3) is 0.750. The minimum absolute atomic E-state index is 0.168. The second kappa shape index (κ2) is 3.81. The standard InChI is InChI=1S/C8H13NOS/c1-7(10)6-8(11)9-4-2-3-5-9/h2-6H2,1H3. The first-order chi connectivity index (χ1) is 5.20. The second-order valence-corrected chi connectivity index (χ2v) is 3.44. The highest BCUT2D eigenvalue weighted by Gasteiger charge is 2.15. The largest absolute Gasteiger partial charge is 0.366 e. The smallest absolute Gasteiger partial charge is 0.136 e. The van der Waals surface area contributed by atoms with Gasteiger partial charge in [0, 0.05) is 13.1 Å². The zero-order valence-corrected chi connectivity index (χ0v) is 7.62. The van der Waals surface area contributed by atoms with E-state index in [2.05, 4.69) is 4.90 Å². The van der Waals surface area contributed by atoms with E-state index in [4.69, 9.17) is 12.2 Å². The van der Waals surface area contributed by atoms with E-state index in [1.165, 1.54) is 12.8 Å². The predicted octanol–water partition coefficient (Wildman–Crippen LogP) is 1.39. The summed E-state index contributed by atoms with van der Waals surface area (Å²) in [7, 11) is 0. The van der Waals surface area contributed by atoms with Gasteiger partial charge in [0.2, 0.25) is 0 Å². The van der Waals surface area contributed by atoms with Crippen molar-refractivity contribution in [3.8, 4) is 0 Å². The summed E-state index contributed by atoms with van der Waals surface area (Å²) < 4.78 is 0. The molecule has 0 aliphatic carbocycles. The number of nitrogens with zero attached hydrogens (tertiary/aromatic N) is 1. The molecule has 0 aromatic carbocycles. The van der Waals surface area contributed by atoms with Gasteiger partial charge in [0.1, 0.15) is 5.78 Å². The normalized spacial score (nSPS) is 17.0. The molecule has 0 spiro atoms. The first-order valence-corrected chi connectivity index (χ1v) is 4.38. The molecule has 11 heavy (non-hydrogen) atoms. The van der Waals surface area contributed by atoms with Crippen LogP contribution in [0.25, 0.3) is 0 Å². The predicted molar refractivity (Wildman–Crippen MR) is 48.7 cm³/mol. The van der Waals surface area contributed by atoms with Crippen LogP contribution in [0, 0.1) is 0 Å². The van der Waals surface area contributed by atoms with Crippen LogP contribution in [-0.2, 0) is 4.79 Å². The number of hydrogen-bond donors (Lipinski definition) is 0. The molecule has 0 aromatic heterocycles. The molecule has 1 heterocycles. The number of carbonyl (C=O) groups excluding carboxylic acids is 1. The van der Waals surface area contributed by atoms with E-state index < -0.39 is 0 Å². The molecular formula is C8H13NOS. The Labute approximate surface area is 72.6 Å². The van der Waals surface area contributed by atoms with Crippen LogP contribution in [-0.4, -0.2) is 28.8 Å². The van der Waals surface area contributed by atoms with Gasteiger partial charge in [0.05, 0.1) is 11.4 Å². The van der Waals surface area contributed by atoms with Gasteiger partial charge >= 0.3 is 0 Å². The van der Waals surface area contributed by atoms with Gasteiger partial charge in [-0.05, 0) is 19.8 Å². The molecule has 0 unspecified atom stereocenters. The van der Waals surface area contributed by atoms with Crippen LogP contribution in [0.5, 0.6) is 0 Å². The highest BCUT2D eigenvalue weighted by molar-refractivity contribution is 7.80. The molecule has 0 bridgehead atoms. The molecule has 0 saturated carbocycles. The lowest BCUT2D eigenvalue weighted by Crippen LogP contribution is -2.27. The van der Waals surface area contributed by atoms with Gasteiger partial charge < -0.3 is 4.90 Å². The summed E-state index contributed by atoms with van der Waals surface area (Å²) in [5, 5.41) is 0. The van der Waals surface area contributed by atoms with E-state index >= 15 is 0 Å². The molecule has 1 aliphatic heterocycles. The number of hydrogen-bond acceptors (Lipinski definition) is 2. The topological polar surface area (TPSA) is 20.3 Å². The number of rotatable bonds is 2. The summed E-state index contributed by atoms with van der Waals surface area (Å²) in [6.45, 7) is 3.68. The van der Waals surface area contributed by atoms with Crippen LogP contribution in [0.15, 0.2) is 0 Å². The molecule has 0 amide bonds. The van der Waals surface area contributed by atoms with Gasteiger partial charge in [-0.15, -0.1) is 0 Å². The fourth-order valence-corrected chi connectivity index (χ4v) is 1.68. The number of likely N-dealkylation sites (tertiary alicyclic amines) is 1. The first kappa shape index (κ1) is 8.65. The molecule has 2 nitrogen and oxygen atoms in total. The van der Waals surface area contributed by atoms with Crippen molar-refractivity contribution in [1.29, 1.82) is 0 Å². The highest BCUT2D eigenvalue weighted by atomic mass is 32.1. The van der Waals surface area contributed by atoms with Crippen molar-refractivity contribution in [2.24, 2.45) is 0 Å². The van der Waals surface area contributed by atoms with Gasteiger partial charge in [-0.2, -0.15) is 0 Å². The Morgan fingerprint density at radius 3 is 2.45 bits per heavy atom. The fourth-order valence-electron chi connectivity index (χ4n) is 1.29. The van der Waals surface area contributed by atoms with Crippen molar-refractivity contribution in [1.82, 2.24) is 4.90 Å². The molecule has 1 saturated heterocycles. The maximum Gasteiger partial charge on any atom is 0.136 e. The molecule has 62 valence electrons. The Hall–Kier alpha value is -0.440. The van der Waals surface area contributed by atoms with E-state index in [9.17, 15) is 4.79 Å². The van der Waals surface area contributed by atoms with Crippen molar-refractivity contribution >= 4 is 23.0 Å². The number of thiocarbonyl (C=S) groups is 1. The summed E-state index contributed by atoms with van der Waals surface area (Å²) in [6, 6.07) is 0. The maximum atomic E-state index is 10.7. The van der Waals surface area contributed by atoms with Crippen LogP contribution >= 0.6 is 12.2 Å². The van der Waals surface area contributed by atoms with E-state index in [0.29, 0.717) is 6.42 Å². The Balaban J connectivity index is 2.34. The van der Waals surface area contributed by atoms with E-state index in [1.54, 1.807) is 6.92 Å². The first-order valence-electron chi connectivity index (χ1n) is 3.97. The molecule has 0 aromatic rings. The van der Waals surface area contributed by atoms with E-state index in [0.717, 1.165) is 18.1 Å². The summed E-state index contributed by atoms with van der Waals surface area (Å²) >= 11 is 5.10. The molecule has 1 aliphatic rings. The van der Waals surface area contributed by atoms with Gasteiger partial charge in [-0.25, -0.2) is 0 Å². The molecular weight excluding hydrogens is 158 g/mol. The van der Waals surface area contributed by atoms with Crippen LogP contribution in [0.1, 0.15) is 26.2 Å². The average molecular weight is 171 g/mol. The van der Waals surface area contributed by atoms with Crippen molar-refractivity contribution in [2.45, 2.75) is 26.2 Å². The van der Waals surface area contributed by atoms with Gasteiger partial charge in [0.15, 0.2) is 0 Å². The Morgan fingerprint density at radius 1 is 1.45 bits per heavy atom. The highest BCUT2D eigenvalue weighted by Crippen LogP contribution is 2.09. The third-order valence-corrected chi connectivity index (χ3v) is 2.26. The number of ketones is 1. The SMILES string of the molecule is CC(=O)CC(=S)N1CCCC1. The van der Waals surface area contributed by atoms with Crippen LogP contribution in [0.2, 0.25) is 0 Å². The van der Waals surface area contributed by atoms with E-state index in [-0.39, 0.29) is 5.78 Å². The molecule has 1 rings (SSSR count). The molecule has 3 heteroatoms. The minimum Gasteiger partial charge on any atom is -0.366 e. The minimum atomic E-state index is 0.168. The Bertz CT molecular complexity index is 173. The second-order valence-electron chi connectivity index (χ2n) is 2.97. The summed E-state index contributed by atoms with van der Waals surface area (Å²) in [5.41, 5.74) is 0. The number of Topliss-reactive ketones (excluding diaryl/α,β-unsaturated/α-hetero) is 1. The molecule has 0 radical (unpaired) electrons. The van der Waals surface area contributed by atoms with Crippen LogP contribution < -0.4 is 0 Å². The zero-order chi connectivity index (χ0) is 8.27. The van der Waals surface area contributed by atoms with Crippen molar-refractivity contribution < 1.29 is 4.79 Å². The van der Waals surface area contributed by atoms with Crippen LogP contribution in [0.3, 0.4) is 0 Å². The maximum absolute atomic E-state index is 10.7. The van der Waals surface area contributed by atoms with Crippen molar-refractivity contribution in [2.75, 3.05) is 13.1 Å². The lowest BCUT2D eigenvalue weighted by atomic mass is 10.3. The summed E-state index contributed by atoms with van der Waals surface area (Å²) in [5.74, 6) is 0.168. The van der Waals surface area contributed by atoms with Gasteiger partial charge in [-0.3, -0.25) is 4.79 Å². The Morgan fingerprint density at radius 2 is 2.00 bits per heavy atom. The average Bonchev–Trinajstić information content (AvgIpc) is 2.35. The molecule has 0 N–H and O–H groups in total.